The molecule has 1 aromatic carbocycles. The number of pyridine rings is 1. The molecule has 2 rings (SSSR count). The molecule has 0 aliphatic heterocycles. The van der Waals surface area contributed by atoms with Crippen LogP contribution in [0.5, 0.6) is 5.88 Å². The third kappa shape index (κ3) is 12.5. The van der Waals surface area contributed by atoms with E-state index in [9.17, 15) is 9.90 Å². The molecule has 0 aliphatic carbocycles. The van der Waals surface area contributed by atoms with Crippen molar-refractivity contribution in [2.45, 2.75) is 143 Å². The van der Waals surface area contributed by atoms with E-state index in [1.54, 1.807) is 6.07 Å². The highest BCUT2D eigenvalue weighted by Gasteiger charge is 2.16. The molecule has 0 aliphatic rings. The first kappa shape index (κ1) is 32.8. The average Bonchev–Trinajstić information content (AvgIpc) is 2.93. The lowest BCUT2D eigenvalue weighted by Crippen LogP contribution is -2.25. The van der Waals surface area contributed by atoms with Gasteiger partial charge in [0, 0.05) is 12.6 Å². The maximum atomic E-state index is 12.6. The van der Waals surface area contributed by atoms with Gasteiger partial charge in [-0.25, -0.2) is 0 Å². The fourth-order valence-electron chi connectivity index (χ4n) is 5.32. The number of nitrogens with zero attached hydrogens (tertiary/aromatic N) is 1. The summed E-state index contributed by atoms with van der Waals surface area (Å²) in [5.41, 5.74) is 9.79. The third-order valence-electron chi connectivity index (χ3n) is 8.07. The Labute approximate surface area is 238 Å². The van der Waals surface area contributed by atoms with Crippen molar-refractivity contribution >= 4 is 11.4 Å². The van der Waals surface area contributed by atoms with E-state index in [4.69, 9.17) is 0 Å². The Kier molecular flexibility index (Phi) is 16.5. The fraction of sp³-hybridized carbons (Fsp3) is 0.676. The molecule has 2 aromatic rings. The smallest absolute Gasteiger partial charge is 0.253 e. The summed E-state index contributed by atoms with van der Waals surface area (Å²) in [6, 6.07) is 10.1. The van der Waals surface area contributed by atoms with E-state index in [-0.39, 0.29) is 11.4 Å². The van der Waals surface area contributed by atoms with E-state index in [2.05, 4.69) is 55.9 Å². The zero-order chi connectivity index (χ0) is 28.3. The number of aromatic hydroxyl groups is 1. The van der Waals surface area contributed by atoms with Crippen molar-refractivity contribution in [2.75, 3.05) is 10.9 Å². The normalized spacial score (nSPS) is 12.0. The van der Waals surface area contributed by atoms with Gasteiger partial charge in [-0.05, 0) is 55.4 Å². The molecule has 5 nitrogen and oxygen atoms in total. The van der Waals surface area contributed by atoms with Gasteiger partial charge in [0.15, 0.2) is 0 Å². The minimum atomic E-state index is -0.146. The van der Waals surface area contributed by atoms with Crippen LogP contribution in [-0.4, -0.2) is 9.67 Å². The van der Waals surface area contributed by atoms with Crippen molar-refractivity contribution in [2.24, 2.45) is 5.92 Å². The Bertz CT molecular complexity index is 968. The van der Waals surface area contributed by atoms with E-state index in [1.165, 1.54) is 87.2 Å². The lowest BCUT2D eigenvalue weighted by atomic mass is 9.99. The second kappa shape index (κ2) is 19.6. The number of hydrazine groups is 1. The lowest BCUT2D eigenvalue weighted by molar-refractivity contribution is 0.341. The molecule has 1 heterocycles. The van der Waals surface area contributed by atoms with Gasteiger partial charge in [0.25, 0.3) is 5.56 Å². The summed E-state index contributed by atoms with van der Waals surface area (Å²) in [6.07, 6.45) is 22.0. The average molecular weight is 540 g/mol. The van der Waals surface area contributed by atoms with Gasteiger partial charge in [0.2, 0.25) is 5.88 Å². The predicted molar refractivity (Wildman–Crippen MR) is 169 cm³/mol. The molecule has 1 aromatic heterocycles. The van der Waals surface area contributed by atoms with Crippen molar-refractivity contribution in [3.8, 4) is 5.88 Å². The summed E-state index contributed by atoms with van der Waals surface area (Å²) >= 11 is 0. The minimum absolute atomic E-state index is 0.00559. The van der Waals surface area contributed by atoms with Gasteiger partial charge in [-0.1, -0.05) is 123 Å². The number of nitrogens with one attached hydrogen (secondary N) is 2. The zero-order valence-corrected chi connectivity index (χ0v) is 25.5. The maximum absolute atomic E-state index is 12.6. The zero-order valence-electron chi connectivity index (χ0n) is 25.5. The summed E-state index contributed by atoms with van der Waals surface area (Å²) in [5, 5.41) is 10.9. The molecule has 0 radical (unpaired) electrons. The first-order valence-corrected chi connectivity index (χ1v) is 16.0. The molecule has 5 heteroatoms. The molecule has 0 saturated carbocycles. The number of aryl methyl sites for hydroxylation is 2. The van der Waals surface area contributed by atoms with E-state index in [0.29, 0.717) is 18.2 Å². The van der Waals surface area contributed by atoms with Crippen LogP contribution in [0.15, 0.2) is 35.1 Å². The number of aromatic nitrogens is 1. The number of hydrogen-bond acceptors (Lipinski definition) is 4. The molecular formula is C34H57N3O2. The summed E-state index contributed by atoms with van der Waals surface area (Å²) < 4.78 is 1.51. The third-order valence-corrected chi connectivity index (χ3v) is 8.07. The van der Waals surface area contributed by atoms with Crippen LogP contribution in [0.2, 0.25) is 0 Å². The Morgan fingerprint density at radius 3 is 1.90 bits per heavy atom. The largest absolute Gasteiger partial charge is 0.493 e. The second-order valence-corrected chi connectivity index (χ2v) is 11.5. The molecule has 1 unspecified atom stereocenters. The number of benzene rings is 1. The van der Waals surface area contributed by atoms with Crippen LogP contribution < -0.4 is 16.4 Å². The molecule has 0 fully saturated rings. The molecule has 1 atom stereocenters. The lowest BCUT2D eigenvalue weighted by Gasteiger charge is -2.20. The van der Waals surface area contributed by atoms with E-state index in [1.807, 2.05) is 6.92 Å². The molecule has 0 spiro atoms. The van der Waals surface area contributed by atoms with Crippen molar-refractivity contribution in [1.29, 1.82) is 0 Å². The van der Waals surface area contributed by atoms with Crippen LogP contribution in [0.1, 0.15) is 135 Å². The molecular weight excluding hydrogens is 482 g/mol. The quantitative estimate of drug-likeness (QED) is 0.103. The van der Waals surface area contributed by atoms with Crippen LogP contribution in [0.25, 0.3) is 0 Å². The number of hydrogen-bond donors (Lipinski definition) is 3. The summed E-state index contributed by atoms with van der Waals surface area (Å²) in [7, 11) is 0. The molecule has 39 heavy (non-hydrogen) atoms. The van der Waals surface area contributed by atoms with Crippen LogP contribution in [0, 0.1) is 12.8 Å². The van der Waals surface area contributed by atoms with Crippen LogP contribution in [-0.2, 0) is 13.0 Å². The van der Waals surface area contributed by atoms with Crippen LogP contribution in [0.4, 0.5) is 11.4 Å². The van der Waals surface area contributed by atoms with Crippen molar-refractivity contribution in [3.63, 3.8) is 0 Å². The fourth-order valence-corrected chi connectivity index (χ4v) is 5.32. The SMILES string of the molecule is CCCCCCCCCCCCCCc1ccc(NNc2c(C)cc(=O)n(CC(CC)CCCC)c2O)cc1. The van der Waals surface area contributed by atoms with Crippen LogP contribution >= 0.6 is 0 Å². The standard InChI is InChI=1S/C34H57N3O2/c1-5-8-10-11-12-13-14-15-16-17-18-19-21-30-22-24-31(25-23-30)35-36-33-28(4)26-32(38)37(34(33)39)27-29(7-3)20-9-6-2/h22-26,29,35-36,39H,5-21,27H2,1-4H3. The highest BCUT2D eigenvalue weighted by Crippen LogP contribution is 2.27. The molecule has 0 amide bonds. The van der Waals surface area contributed by atoms with E-state index in [0.717, 1.165) is 43.4 Å². The van der Waals surface area contributed by atoms with Gasteiger partial charge >= 0.3 is 0 Å². The van der Waals surface area contributed by atoms with Gasteiger partial charge in [-0.2, -0.15) is 0 Å². The second-order valence-electron chi connectivity index (χ2n) is 11.5. The van der Waals surface area contributed by atoms with Crippen molar-refractivity contribution < 1.29 is 5.11 Å². The van der Waals surface area contributed by atoms with Crippen LogP contribution in [0.3, 0.4) is 0 Å². The maximum Gasteiger partial charge on any atom is 0.253 e. The van der Waals surface area contributed by atoms with Gasteiger partial charge in [0.1, 0.15) is 5.69 Å². The summed E-state index contributed by atoms with van der Waals surface area (Å²) in [6.45, 7) is 9.01. The highest BCUT2D eigenvalue weighted by molar-refractivity contribution is 5.62. The van der Waals surface area contributed by atoms with Gasteiger partial charge < -0.3 is 10.5 Å². The Balaban J connectivity index is 1.73. The highest BCUT2D eigenvalue weighted by atomic mass is 16.3. The number of anilines is 2. The first-order valence-electron chi connectivity index (χ1n) is 16.0. The topological polar surface area (TPSA) is 66.3 Å². The van der Waals surface area contributed by atoms with Crippen molar-refractivity contribution in [1.82, 2.24) is 4.57 Å². The number of unbranched alkanes of at least 4 members (excludes halogenated alkanes) is 12. The summed E-state index contributed by atoms with van der Waals surface area (Å²) in [4.78, 5) is 12.6. The first-order chi connectivity index (χ1) is 19.0. The summed E-state index contributed by atoms with van der Waals surface area (Å²) in [5.74, 6) is 0.390. The molecule has 220 valence electrons. The van der Waals surface area contributed by atoms with Gasteiger partial charge in [0.05, 0.1) is 5.69 Å². The Morgan fingerprint density at radius 2 is 1.33 bits per heavy atom. The van der Waals surface area contributed by atoms with Crippen molar-refractivity contribution in [3.05, 3.63) is 51.8 Å². The van der Waals surface area contributed by atoms with Gasteiger partial charge in [-0.3, -0.25) is 14.8 Å². The Hall–Kier alpha value is -2.43. The molecule has 3 N–H and O–H groups in total. The molecule has 0 saturated heterocycles. The van der Waals surface area contributed by atoms with Gasteiger partial charge in [-0.15, -0.1) is 0 Å². The predicted octanol–water partition coefficient (Wildman–Crippen LogP) is 9.76. The minimum Gasteiger partial charge on any atom is -0.493 e. The number of rotatable bonds is 22. The monoisotopic (exact) mass is 539 g/mol. The molecule has 0 bridgehead atoms. The Morgan fingerprint density at radius 1 is 0.769 bits per heavy atom. The van der Waals surface area contributed by atoms with E-state index >= 15 is 0 Å². The van der Waals surface area contributed by atoms with E-state index < -0.39 is 0 Å².